The van der Waals surface area contributed by atoms with E-state index in [-0.39, 0.29) is 36.9 Å². The number of para-hydroxylation sites is 1. The van der Waals surface area contributed by atoms with E-state index in [1.54, 1.807) is 43.3 Å². The van der Waals surface area contributed by atoms with E-state index in [4.69, 9.17) is 9.15 Å². The minimum atomic E-state index is -0.501. The van der Waals surface area contributed by atoms with Crippen LogP contribution in [-0.4, -0.2) is 40.3 Å². The lowest BCUT2D eigenvalue weighted by Gasteiger charge is -2.12. The first-order valence-electron chi connectivity index (χ1n) is 8.65. The second-order valence-electron chi connectivity index (χ2n) is 5.75. The number of fused-ring (bicyclic) bond motifs is 1. The van der Waals surface area contributed by atoms with Crippen LogP contribution in [-0.2, 0) is 20.9 Å². The summed E-state index contributed by atoms with van der Waals surface area (Å²) in [5.41, 5.74) is 0.342. The van der Waals surface area contributed by atoms with Gasteiger partial charge in [0, 0.05) is 0 Å². The van der Waals surface area contributed by atoms with Gasteiger partial charge in [-0.2, -0.15) is 0 Å². The first-order chi connectivity index (χ1) is 13.6. The number of amides is 1. The van der Waals surface area contributed by atoms with E-state index in [2.05, 4.69) is 10.3 Å². The number of hydrogen-bond acceptors (Lipinski definition) is 7. The Hall–Kier alpha value is -3.07. The van der Waals surface area contributed by atoms with Crippen LogP contribution in [0.2, 0.25) is 0 Å². The third kappa shape index (κ3) is 4.80. The molecule has 28 heavy (non-hydrogen) atoms. The third-order valence-electron chi connectivity index (χ3n) is 3.79. The van der Waals surface area contributed by atoms with Crippen molar-refractivity contribution in [3.8, 4) is 0 Å². The third-order valence-corrected chi connectivity index (χ3v) is 4.76. The molecular formula is C19H19N3O5S. The lowest BCUT2D eigenvalue weighted by atomic mass is 10.2. The average molecular weight is 401 g/mol. The Morgan fingerprint density at radius 1 is 1.25 bits per heavy atom. The molecule has 8 nitrogen and oxygen atoms in total. The van der Waals surface area contributed by atoms with Gasteiger partial charge in [0.15, 0.2) is 5.16 Å². The minimum Gasteiger partial charge on any atom is -0.467 e. The molecule has 0 saturated heterocycles. The number of carbonyl (C=O) groups is 2. The fourth-order valence-electron chi connectivity index (χ4n) is 2.52. The van der Waals surface area contributed by atoms with Crippen molar-refractivity contribution in [3.63, 3.8) is 0 Å². The van der Waals surface area contributed by atoms with Gasteiger partial charge in [-0.25, -0.2) is 4.98 Å². The SMILES string of the molecule is CCOC(=O)CNC(=O)CSc1nc2ccccc2c(=O)n1Cc1ccco1. The maximum absolute atomic E-state index is 12.9. The molecule has 1 amide bonds. The quantitative estimate of drug-likeness (QED) is 0.349. The molecule has 0 bridgehead atoms. The minimum absolute atomic E-state index is 0.00232. The predicted molar refractivity (Wildman–Crippen MR) is 104 cm³/mol. The van der Waals surface area contributed by atoms with Gasteiger partial charge in [0.2, 0.25) is 5.91 Å². The molecule has 1 aromatic carbocycles. The van der Waals surface area contributed by atoms with Crippen LogP contribution in [0.5, 0.6) is 0 Å². The van der Waals surface area contributed by atoms with Gasteiger partial charge in [0.25, 0.3) is 5.56 Å². The van der Waals surface area contributed by atoms with Gasteiger partial charge < -0.3 is 14.5 Å². The summed E-state index contributed by atoms with van der Waals surface area (Å²) in [6, 6.07) is 10.5. The van der Waals surface area contributed by atoms with Gasteiger partial charge >= 0.3 is 5.97 Å². The second-order valence-corrected chi connectivity index (χ2v) is 6.70. The van der Waals surface area contributed by atoms with Crippen molar-refractivity contribution in [2.45, 2.75) is 18.6 Å². The number of carbonyl (C=O) groups excluding carboxylic acids is 2. The number of rotatable bonds is 8. The highest BCUT2D eigenvalue weighted by molar-refractivity contribution is 7.99. The van der Waals surface area contributed by atoms with Gasteiger partial charge in [-0.3, -0.25) is 19.0 Å². The molecule has 2 heterocycles. The predicted octanol–water partition coefficient (Wildman–Crippen LogP) is 1.81. The van der Waals surface area contributed by atoms with Crippen molar-refractivity contribution in [1.82, 2.24) is 14.9 Å². The van der Waals surface area contributed by atoms with Crippen LogP contribution in [0.4, 0.5) is 0 Å². The Morgan fingerprint density at radius 3 is 2.82 bits per heavy atom. The molecule has 0 atom stereocenters. The van der Waals surface area contributed by atoms with Gasteiger partial charge in [0.1, 0.15) is 12.3 Å². The number of furan rings is 1. The van der Waals surface area contributed by atoms with E-state index in [9.17, 15) is 14.4 Å². The van der Waals surface area contributed by atoms with Crippen LogP contribution in [0, 0.1) is 0 Å². The maximum atomic E-state index is 12.9. The summed E-state index contributed by atoms with van der Waals surface area (Å²) in [5, 5.41) is 3.37. The topological polar surface area (TPSA) is 103 Å². The Balaban J connectivity index is 1.80. The van der Waals surface area contributed by atoms with Gasteiger partial charge in [-0.1, -0.05) is 23.9 Å². The highest BCUT2D eigenvalue weighted by atomic mass is 32.2. The summed E-state index contributed by atoms with van der Waals surface area (Å²) >= 11 is 1.12. The zero-order chi connectivity index (χ0) is 19.9. The molecule has 3 aromatic rings. The van der Waals surface area contributed by atoms with Crippen molar-refractivity contribution in [2.24, 2.45) is 0 Å². The Kier molecular flexibility index (Phi) is 6.49. The van der Waals surface area contributed by atoms with Crippen molar-refractivity contribution in [2.75, 3.05) is 18.9 Å². The number of esters is 1. The fourth-order valence-corrected chi connectivity index (χ4v) is 3.35. The van der Waals surface area contributed by atoms with Crippen LogP contribution in [0.3, 0.4) is 0 Å². The number of aromatic nitrogens is 2. The summed E-state index contributed by atoms with van der Waals surface area (Å²) in [7, 11) is 0. The zero-order valence-electron chi connectivity index (χ0n) is 15.2. The lowest BCUT2D eigenvalue weighted by Crippen LogP contribution is -2.32. The van der Waals surface area contributed by atoms with Crippen molar-refractivity contribution in [3.05, 3.63) is 58.8 Å². The Labute approximate surface area is 164 Å². The molecular weight excluding hydrogens is 382 g/mol. The monoisotopic (exact) mass is 401 g/mol. The molecule has 2 aromatic heterocycles. The van der Waals surface area contributed by atoms with Crippen LogP contribution < -0.4 is 10.9 Å². The summed E-state index contributed by atoms with van der Waals surface area (Å²) < 4.78 is 11.6. The first kappa shape index (κ1) is 19.7. The highest BCUT2D eigenvalue weighted by Gasteiger charge is 2.15. The second kappa shape index (κ2) is 9.23. The molecule has 0 aliphatic rings. The molecule has 0 saturated carbocycles. The largest absolute Gasteiger partial charge is 0.467 e. The van der Waals surface area contributed by atoms with E-state index in [1.165, 1.54) is 10.8 Å². The molecule has 0 unspecified atom stereocenters. The van der Waals surface area contributed by atoms with Crippen LogP contribution in [0.25, 0.3) is 10.9 Å². The number of hydrogen-bond donors (Lipinski definition) is 1. The molecule has 0 fully saturated rings. The molecule has 0 aliphatic carbocycles. The average Bonchev–Trinajstić information content (AvgIpc) is 3.21. The van der Waals surface area contributed by atoms with Crippen molar-refractivity contribution in [1.29, 1.82) is 0 Å². The van der Waals surface area contributed by atoms with Crippen LogP contribution in [0.15, 0.2) is 57.0 Å². The lowest BCUT2D eigenvalue weighted by molar-refractivity contribution is -0.143. The highest BCUT2D eigenvalue weighted by Crippen LogP contribution is 2.19. The number of thioether (sulfide) groups is 1. The van der Waals surface area contributed by atoms with E-state index in [0.717, 1.165) is 11.8 Å². The Bertz CT molecular complexity index is 1030. The molecule has 9 heteroatoms. The molecule has 146 valence electrons. The molecule has 0 aliphatic heterocycles. The standard InChI is InChI=1S/C19H19N3O5S/c1-2-26-17(24)10-20-16(23)12-28-19-21-15-8-4-3-7-14(15)18(25)22(19)11-13-6-5-9-27-13/h3-9H,2,10-12H2,1H3,(H,20,23). The van der Waals surface area contributed by atoms with E-state index in [1.807, 2.05) is 0 Å². The van der Waals surface area contributed by atoms with E-state index >= 15 is 0 Å². The smallest absolute Gasteiger partial charge is 0.325 e. The van der Waals surface area contributed by atoms with Crippen molar-refractivity contribution < 1.29 is 18.7 Å². The normalized spacial score (nSPS) is 10.8. The Morgan fingerprint density at radius 2 is 2.07 bits per heavy atom. The molecule has 3 rings (SSSR count). The number of nitrogens with one attached hydrogen (secondary N) is 1. The maximum Gasteiger partial charge on any atom is 0.325 e. The van der Waals surface area contributed by atoms with Crippen LogP contribution >= 0.6 is 11.8 Å². The zero-order valence-corrected chi connectivity index (χ0v) is 16.0. The number of ether oxygens (including phenoxy) is 1. The summed E-state index contributed by atoms with van der Waals surface area (Å²) in [4.78, 5) is 40.8. The van der Waals surface area contributed by atoms with E-state index in [0.29, 0.717) is 21.8 Å². The van der Waals surface area contributed by atoms with E-state index < -0.39 is 5.97 Å². The molecule has 0 spiro atoms. The molecule has 1 N–H and O–H groups in total. The van der Waals surface area contributed by atoms with Crippen LogP contribution in [0.1, 0.15) is 12.7 Å². The number of nitrogens with zero attached hydrogens (tertiary/aromatic N) is 2. The number of benzene rings is 1. The van der Waals surface area contributed by atoms with Gasteiger partial charge in [-0.05, 0) is 31.2 Å². The van der Waals surface area contributed by atoms with Gasteiger partial charge in [0.05, 0.1) is 36.1 Å². The summed E-state index contributed by atoms with van der Waals surface area (Å²) in [6.07, 6.45) is 1.53. The summed E-state index contributed by atoms with van der Waals surface area (Å²) in [5.74, 6) is -0.250. The fraction of sp³-hybridized carbons (Fsp3) is 0.263. The van der Waals surface area contributed by atoms with Crippen molar-refractivity contribution >= 4 is 34.5 Å². The summed E-state index contributed by atoms with van der Waals surface area (Å²) in [6.45, 7) is 1.96. The van der Waals surface area contributed by atoms with Gasteiger partial charge in [-0.15, -0.1) is 0 Å². The first-order valence-corrected chi connectivity index (χ1v) is 9.64. The molecule has 0 radical (unpaired) electrons.